The number of ether oxygens (including phenoxy) is 1. The van der Waals surface area contributed by atoms with E-state index < -0.39 is 23.3 Å². The zero-order chi connectivity index (χ0) is 14.3. The first-order chi connectivity index (χ1) is 8.72. The number of nitrogens with zero attached hydrogens (tertiary/aromatic N) is 1. The molecule has 1 aliphatic carbocycles. The maximum absolute atomic E-state index is 14.3. The molecule has 0 N–H and O–H groups in total. The smallest absolute Gasteiger partial charge is 0.410 e. The predicted octanol–water partition coefficient (Wildman–Crippen LogP) is 2.48. The van der Waals surface area contributed by atoms with Crippen LogP contribution in [0.25, 0.3) is 0 Å². The van der Waals surface area contributed by atoms with Crippen molar-refractivity contribution in [3.05, 3.63) is 12.2 Å². The van der Waals surface area contributed by atoms with E-state index in [2.05, 4.69) is 0 Å². The van der Waals surface area contributed by atoms with Crippen LogP contribution in [0.2, 0.25) is 0 Å². The van der Waals surface area contributed by atoms with Crippen LogP contribution < -0.4 is 0 Å². The molecule has 2 atom stereocenters. The molecule has 2 aliphatic rings. The van der Waals surface area contributed by atoms with Crippen LogP contribution in [0.3, 0.4) is 0 Å². The molecule has 1 heterocycles. The molecule has 0 bridgehead atoms. The Bertz CT molecular complexity index is 427. The molecule has 5 heteroatoms. The van der Waals surface area contributed by atoms with Crippen molar-refractivity contribution in [1.82, 2.24) is 4.90 Å². The van der Waals surface area contributed by atoms with E-state index in [1.807, 2.05) is 0 Å². The fourth-order valence-corrected chi connectivity index (χ4v) is 2.55. The Morgan fingerprint density at radius 3 is 2.68 bits per heavy atom. The van der Waals surface area contributed by atoms with Gasteiger partial charge in [0.1, 0.15) is 11.8 Å². The normalized spacial score (nSPS) is 31.1. The molecular weight excluding hydrogens is 249 g/mol. The van der Waals surface area contributed by atoms with Crippen LogP contribution in [0.1, 0.15) is 33.6 Å². The van der Waals surface area contributed by atoms with Crippen molar-refractivity contribution in [2.45, 2.75) is 45.4 Å². The summed E-state index contributed by atoms with van der Waals surface area (Å²) in [7, 11) is 0. The first-order valence-electron chi connectivity index (χ1n) is 6.56. The van der Waals surface area contributed by atoms with Crippen molar-refractivity contribution < 1.29 is 18.7 Å². The van der Waals surface area contributed by atoms with Gasteiger partial charge in [-0.05, 0) is 33.3 Å². The topological polar surface area (TPSA) is 46.6 Å². The van der Waals surface area contributed by atoms with Crippen LogP contribution >= 0.6 is 0 Å². The van der Waals surface area contributed by atoms with Gasteiger partial charge in [-0.3, -0.25) is 4.79 Å². The average Bonchev–Trinajstić information content (AvgIpc) is 2.63. The number of ketones is 1. The summed E-state index contributed by atoms with van der Waals surface area (Å²) in [5.41, 5.74) is -1.28. The summed E-state index contributed by atoms with van der Waals surface area (Å²) in [6.45, 7) is 5.75. The van der Waals surface area contributed by atoms with E-state index in [0.717, 1.165) is 0 Å². The van der Waals surface area contributed by atoms with Gasteiger partial charge in [0, 0.05) is 18.4 Å². The largest absolute Gasteiger partial charge is 0.444 e. The molecule has 0 saturated carbocycles. The molecule has 4 nitrogen and oxygen atoms in total. The van der Waals surface area contributed by atoms with Crippen molar-refractivity contribution in [2.75, 3.05) is 13.1 Å². The summed E-state index contributed by atoms with van der Waals surface area (Å²) < 4.78 is 19.5. The summed E-state index contributed by atoms with van der Waals surface area (Å²) >= 11 is 0. The predicted molar refractivity (Wildman–Crippen MR) is 68.5 cm³/mol. The van der Waals surface area contributed by atoms with Crippen LogP contribution in [0, 0.1) is 5.41 Å². The number of carbonyl (C=O) groups is 2. The monoisotopic (exact) mass is 269 g/mol. The Morgan fingerprint density at radius 2 is 2.21 bits per heavy atom. The van der Waals surface area contributed by atoms with E-state index in [4.69, 9.17) is 4.74 Å². The molecule has 0 aromatic heterocycles. The third kappa shape index (κ3) is 2.96. The number of amides is 1. The first kappa shape index (κ1) is 14.0. The third-order valence-electron chi connectivity index (χ3n) is 3.61. The number of piperidine rings is 1. The van der Waals surface area contributed by atoms with Crippen molar-refractivity contribution >= 4 is 11.9 Å². The quantitative estimate of drug-likeness (QED) is 0.678. The Labute approximate surface area is 112 Å². The summed E-state index contributed by atoms with van der Waals surface area (Å²) in [5.74, 6) is -0.0339. The Balaban J connectivity index is 1.99. The van der Waals surface area contributed by atoms with Crippen LogP contribution in [-0.4, -0.2) is 41.6 Å². The number of alkyl halides is 1. The van der Waals surface area contributed by atoms with Crippen LogP contribution in [0.5, 0.6) is 0 Å². The lowest BCUT2D eigenvalue weighted by atomic mass is 9.76. The molecule has 0 unspecified atom stereocenters. The summed E-state index contributed by atoms with van der Waals surface area (Å²) in [5, 5.41) is 0. The minimum absolute atomic E-state index is 0.00741. The number of hydrogen-bond acceptors (Lipinski definition) is 3. The Kier molecular flexibility index (Phi) is 3.41. The molecule has 1 spiro atoms. The van der Waals surface area contributed by atoms with E-state index in [0.29, 0.717) is 13.0 Å². The third-order valence-corrected chi connectivity index (χ3v) is 3.61. The molecule has 2 rings (SSSR count). The summed E-state index contributed by atoms with van der Waals surface area (Å²) in [4.78, 5) is 24.6. The number of carbonyl (C=O) groups excluding carboxylic acids is 2. The molecule has 0 aromatic rings. The number of hydrogen-bond donors (Lipinski definition) is 0. The van der Waals surface area contributed by atoms with Gasteiger partial charge in [0.15, 0.2) is 5.78 Å². The highest BCUT2D eigenvalue weighted by atomic mass is 19.1. The molecular formula is C14H20FNO3. The van der Waals surface area contributed by atoms with E-state index in [-0.39, 0.29) is 18.7 Å². The lowest BCUT2D eigenvalue weighted by molar-refractivity contribution is -0.116. The second-order valence-corrected chi connectivity index (χ2v) is 6.35. The van der Waals surface area contributed by atoms with Gasteiger partial charge in [0.2, 0.25) is 0 Å². The SMILES string of the molecule is CC(C)(C)OC(=O)N1CC[C@@]2(C=CC(=O)C2)[C@@H](F)C1. The van der Waals surface area contributed by atoms with Crippen molar-refractivity contribution in [3.63, 3.8) is 0 Å². The van der Waals surface area contributed by atoms with Gasteiger partial charge in [0.05, 0.1) is 6.54 Å². The molecule has 0 aromatic carbocycles. The summed E-state index contributed by atoms with van der Waals surface area (Å²) in [6, 6.07) is 0. The second-order valence-electron chi connectivity index (χ2n) is 6.35. The number of halogens is 1. The number of rotatable bonds is 0. The van der Waals surface area contributed by atoms with Gasteiger partial charge in [0.25, 0.3) is 0 Å². The lowest BCUT2D eigenvalue weighted by Gasteiger charge is -2.40. The molecule has 1 saturated heterocycles. The van der Waals surface area contributed by atoms with Gasteiger partial charge >= 0.3 is 6.09 Å². The average molecular weight is 269 g/mol. The van der Waals surface area contributed by atoms with Crippen LogP contribution in [0.15, 0.2) is 12.2 Å². The fourth-order valence-electron chi connectivity index (χ4n) is 2.55. The highest BCUT2D eigenvalue weighted by Crippen LogP contribution is 2.42. The maximum atomic E-state index is 14.3. The fraction of sp³-hybridized carbons (Fsp3) is 0.714. The van der Waals surface area contributed by atoms with Crippen LogP contribution in [-0.2, 0) is 9.53 Å². The first-order valence-corrected chi connectivity index (χ1v) is 6.56. The molecule has 1 amide bonds. The minimum Gasteiger partial charge on any atom is -0.444 e. The van der Waals surface area contributed by atoms with Crippen molar-refractivity contribution in [2.24, 2.45) is 5.41 Å². The van der Waals surface area contributed by atoms with E-state index in [1.165, 1.54) is 11.0 Å². The van der Waals surface area contributed by atoms with E-state index in [9.17, 15) is 14.0 Å². The summed E-state index contributed by atoms with van der Waals surface area (Å²) in [6.07, 6.45) is 2.11. The van der Waals surface area contributed by atoms with Crippen molar-refractivity contribution in [3.8, 4) is 0 Å². The van der Waals surface area contributed by atoms with E-state index in [1.54, 1.807) is 26.8 Å². The molecule has 1 fully saturated rings. The van der Waals surface area contributed by atoms with Gasteiger partial charge in [-0.15, -0.1) is 0 Å². The highest BCUT2D eigenvalue weighted by Gasteiger charge is 2.46. The zero-order valence-electron chi connectivity index (χ0n) is 11.6. The van der Waals surface area contributed by atoms with Gasteiger partial charge in [-0.1, -0.05) is 6.08 Å². The minimum atomic E-state index is -1.21. The molecule has 1 aliphatic heterocycles. The highest BCUT2D eigenvalue weighted by molar-refractivity contribution is 5.93. The molecule has 19 heavy (non-hydrogen) atoms. The van der Waals surface area contributed by atoms with Gasteiger partial charge in [-0.2, -0.15) is 0 Å². The van der Waals surface area contributed by atoms with Gasteiger partial charge in [-0.25, -0.2) is 9.18 Å². The van der Waals surface area contributed by atoms with Crippen molar-refractivity contribution in [1.29, 1.82) is 0 Å². The molecule has 106 valence electrons. The second kappa shape index (κ2) is 4.62. The Morgan fingerprint density at radius 1 is 1.53 bits per heavy atom. The molecule has 0 radical (unpaired) electrons. The van der Waals surface area contributed by atoms with Crippen LogP contribution in [0.4, 0.5) is 9.18 Å². The van der Waals surface area contributed by atoms with Gasteiger partial charge < -0.3 is 9.64 Å². The van der Waals surface area contributed by atoms with E-state index >= 15 is 0 Å². The number of likely N-dealkylation sites (tertiary alicyclic amines) is 1. The lowest BCUT2D eigenvalue weighted by Crippen LogP contribution is -2.51. The standard InChI is InChI=1S/C14H20FNO3/c1-13(2,3)19-12(18)16-7-6-14(11(15)9-16)5-4-10(17)8-14/h4-5,11H,6-9H2,1-3H3/t11-,14+/m0/s1. The zero-order valence-corrected chi connectivity index (χ0v) is 11.6. The maximum Gasteiger partial charge on any atom is 0.410 e. The number of allylic oxidation sites excluding steroid dienone is 2. The Hall–Kier alpha value is -1.39.